The first-order valence-corrected chi connectivity index (χ1v) is 13.5. The number of unbranched alkanes of at least 4 members (excludes halogenated alkanes) is 9. The lowest BCUT2D eigenvalue weighted by molar-refractivity contribution is -0.135. The third kappa shape index (κ3) is 17.9. The molecule has 0 amide bonds. The Balaban J connectivity index is 3.37. The predicted molar refractivity (Wildman–Crippen MR) is 104 cm³/mol. The fourth-order valence-corrected chi connectivity index (χ4v) is 3.67. The molecule has 0 heterocycles. The fourth-order valence-electron chi connectivity index (χ4n) is 2.88. The summed E-state index contributed by atoms with van der Waals surface area (Å²) in [5, 5.41) is 0. The van der Waals surface area contributed by atoms with E-state index in [9.17, 15) is 4.79 Å². The second-order valence-electron chi connectivity index (χ2n) is 8.20. The topological polar surface area (TPSA) is 26.3 Å². The van der Waals surface area contributed by atoms with Gasteiger partial charge < -0.3 is 4.43 Å². The Hall–Kier alpha value is -0.313. The average molecular weight is 343 g/mol. The first-order valence-electron chi connectivity index (χ1n) is 10.1. The number of rotatable bonds is 15. The molecule has 0 aliphatic carbocycles. The number of hydrogen-bond acceptors (Lipinski definition) is 2. The normalized spacial score (nSPS) is 13.1. The van der Waals surface area contributed by atoms with Gasteiger partial charge in [-0.25, -0.2) is 0 Å². The van der Waals surface area contributed by atoms with E-state index >= 15 is 0 Å². The van der Waals surface area contributed by atoms with E-state index < -0.39 is 8.32 Å². The number of carbonyl (C=O) groups is 1. The van der Waals surface area contributed by atoms with Crippen molar-refractivity contribution in [1.82, 2.24) is 0 Å². The lowest BCUT2D eigenvalue weighted by atomic mass is 9.97. The van der Waals surface area contributed by atoms with Crippen molar-refractivity contribution in [3.05, 3.63) is 0 Å². The zero-order chi connectivity index (χ0) is 17.6. The summed E-state index contributed by atoms with van der Waals surface area (Å²) < 4.78 is 5.49. The van der Waals surface area contributed by atoms with Crippen molar-refractivity contribution in [3.8, 4) is 0 Å². The molecule has 2 nitrogen and oxygen atoms in total. The third-order valence-corrected chi connectivity index (χ3v) is 5.15. The van der Waals surface area contributed by atoms with Crippen molar-refractivity contribution < 1.29 is 9.22 Å². The van der Waals surface area contributed by atoms with Crippen LogP contribution in [0.1, 0.15) is 97.3 Å². The smallest absolute Gasteiger partial charge is 0.292 e. The Morgan fingerprint density at radius 1 is 0.826 bits per heavy atom. The van der Waals surface area contributed by atoms with Crippen molar-refractivity contribution in [2.75, 3.05) is 0 Å². The summed E-state index contributed by atoms with van der Waals surface area (Å²) in [6, 6.07) is 0. The van der Waals surface area contributed by atoms with E-state index in [1.165, 1.54) is 70.6 Å². The summed E-state index contributed by atoms with van der Waals surface area (Å²) in [5.41, 5.74) is 0. The maximum absolute atomic E-state index is 11.7. The van der Waals surface area contributed by atoms with Crippen molar-refractivity contribution in [2.45, 2.75) is 117 Å². The molecule has 0 aromatic carbocycles. The van der Waals surface area contributed by atoms with Gasteiger partial charge in [0.05, 0.1) is 0 Å². The fraction of sp³-hybridized carbons (Fsp3) is 0.950. The Morgan fingerprint density at radius 3 is 1.78 bits per heavy atom. The van der Waals surface area contributed by atoms with Gasteiger partial charge in [-0.05, 0) is 32.0 Å². The molecule has 0 radical (unpaired) electrons. The van der Waals surface area contributed by atoms with Crippen LogP contribution in [0.25, 0.3) is 0 Å². The minimum atomic E-state index is -1.70. The standard InChI is InChI=1S/C20H42O2Si/c1-6-7-8-9-10-11-12-13-14-15-16-19(2)17-18-20(21)22-23(3,4)5/h19H,6-18H2,1-5H3. The SMILES string of the molecule is CCCCCCCCCCCCC(C)CCC(=O)O[Si](C)(C)C. The number of carbonyl (C=O) groups excluding carboxylic acids is 1. The molecule has 1 atom stereocenters. The minimum Gasteiger partial charge on any atom is -0.520 e. The molecule has 1 unspecified atom stereocenters. The highest BCUT2D eigenvalue weighted by Crippen LogP contribution is 2.18. The summed E-state index contributed by atoms with van der Waals surface area (Å²) >= 11 is 0. The lowest BCUT2D eigenvalue weighted by Gasteiger charge is -2.18. The van der Waals surface area contributed by atoms with Gasteiger partial charge in [-0.1, -0.05) is 84.5 Å². The summed E-state index contributed by atoms with van der Waals surface area (Å²) in [7, 11) is -1.70. The molecule has 0 aromatic rings. The Bertz CT molecular complexity index is 284. The van der Waals surface area contributed by atoms with Crippen LogP contribution in [0.4, 0.5) is 0 Å². The van der Waals surface area contributed by atoms with E-state index in [0.717, 1.165) is 6.42 Å². The molecule has 0 N–H and O–H groups in total. The van der Waals surface area contributed by atoms with Gasteiger partial charge in [0.2, 0.25) is 8.32 Å². The molecule has 0 spiro atoms. The van der Waals surface area contributed by atoms with Gasteiger partial charge >= 0.3 is 0 Å². The molecule has 0 aliphatic rings. The quantitative estimate of drug-likeness (QED) is 0.234. The van der Waals surface area contributed by atoms with Gasteiger partial charge in [0, 0.05) is 6.42 Å². The van der Waals surface area contributed by atoms with Crippen LogP contribution in [-0.2, 0) is 9.22 Å². The van der Waals surface area contributed by atoms with Crippen LogP contribution < -0.4 is 0 Å². The molecule has 0 aromatic heterocycles. The molecule has 0 aliphatic heterocycles. The van der Waals surface area contributed by atoms with E-state index in [0.29, 0.717) is 12.3 Å². The predicted octanol–water partition coefficient (Wildman–Crippen LogP) is 7.09. The zero-order valence-electron chi connectivity index (χ0n) is 16.6. The second-order valence-corrected chi connectivity index (χ2v) is 12.6. The van der Waals surface area contributed by atoms with E-state index in [2.05, 4.69) is 33.5 Å². The van der Waals surface area contributed by atoms with E-state index in [1.807, 2.05) is 0 Å². The molecule has 23 heavy (non-hydrogen) atoms. The molecular formula is C20H42O2Si. The number of hydrogen-bond donors (Lipinski definition) is 0. The third-order valence-electron chi connectivity index (χ3n) is 4.31. The summed E-state index contributed by atoms with van der Waals surface area (Å²) in [6.07, 6.45) is 16.8. The highest BCUT2D eigenvalue weighted by molar-refractivity contribution is 6.71. The maximum Gasteiger partial charge on any atom is 0.292 e. The van der Waals surface area contributed by atoms with Crippen LogP contribution in [0.3, 0.4) is 0 Å². The van der Waals surface area contributed by atoms with Crippen LogP contribution in [-0.4, -0.2) is 14.3 Å². The zero-order valence-corrected chi connectivity index (χ0v) is 17.6. The van der Waals surface area contributed by atoms with Gasteiger partial charge in [0.1, 0.15) is 0 Å². The van der Waals surface area contributed by atoms with Gasteiger partial charge in [-0.3, -0.25) is 4.79 Å². The summed E-state index contributed by atoms with van der Waals surface area (Å²) in [6.45, 7) is 10.8. The highest BCUT2D eigenvalue weighted by atomic mass is 28.4. The van der Waals surface area contributed by atoms with Gasteiger partial charge in [-0.15, -0.1) is 0 Å². The van der Waals surface area contributed by atoms with Crippen molar-refractivity contribution >= 4 is 14.3 Å². The average Bonchev–Trinajstić information content (AvgIpc) is 2.45. The maximum atomic E-state index is 11.7. The van der Waals surface area contributed by atoms with Crippen LogP contribution in [0.2, 0.25) is 19.6 Å². The van der Waals surface area contributed by atoms with Crippen molar-refractivity contribution in [1.29, 1.82) is 0 Å². The van der Waals surface area contributed by atoms with Crippen LogP contribution >= 0.6 is 0 Å². The first kappa shape index (κ1) is 22.7. The lowest BCUT2D eigenvalue weighted by Crippen LogP contribution is -2.29. The van der Waals surface area contributed by atoms with Crippen LogP contribution in [0.15, 0.2) is 0 Å². The summed E-state index contributed by atoms with van der Waals surface area (Å²) in [5.74, 6) is 0.664. The van der Waals surface area contributed by atoms with E-state index in [1.54, 1.807) is 0 Å². The van der Waals surface area contributed by atoms with E-state index in [4.69, 9.17) is 4.43 Å². The second kappa shape index (κ2) is 14.1. The first-order chi connectivity index (χ1) is 10.8. The molecule has 0 fully saturated rings. The van der Waals surface area contributed by atoms with Gasteiger partial charge in [-0.2, -0.15) is 0 Å². The highest BCUT2D eigenvalue weighted by Gasteiger charge is 2.19. The molecule has 3 heteroatoms. The van der Waals surface area contributed by atoms with E-state index in [-0.39, 0.29) is 5.97 Å². The van der Waals surface area contributed by atoms with Gasteiger partial charge in [0.15, 0.2) is 0 Å². The van der Waals surface area contributed by atoms with Crippen LogP contribution in [0, 0.1) is 5.92 Å². The molecule has 0 rings (SSSR count). The molecular weight excluding hydrogens is 300 g/mol. The molecule has 0 saturated carbocycles. The monoisotopic (exact) mass is 342 g/mol. The minimum absolute atomic E-state index is 0.0130. The van der Waals surface area contributed by atoms with Gasteiger partial charge in [0.25, 0.3) is 5.97 Å². The summed E-state index contributed by atoms with van der Waals surface area (Å²) in [4.78, 5) is 11.7. The molecule has 0 bridgehead atoms. The molecule has 0 saturated heterocycles. The van der Waals surface area contributed by atoms with Crippen molar-refractivity contribution in [3.63, 3.8) is 0 Å². The largest absolute Gasteiger partial charge is 0.520 e. The Kier molecular flexibility index (Phi) is 13.9. The molecule has 138 valence electrons. The Morgan fingerprint density at radius 2 is 1.30 bits per heavy atom. The van der Waals surface area contributed by atoms with Crippen LogP contribution in [0.5, 0.6) is 0 Å². The van der Waals surface area contributed by atoms with Crippen molar-refractivity contribution in [2.24, 2.45) is 5.92 Å². The Labute approximate surface area is 146 Å².